The number of fused-ring (bicyclic) bond motifs is 5. The lowest BCUT2D eigenvalue weighted by Gasteiger charge is -2.36. The number of hydrogen-bond acceptors (Lipinski definition) is 15. The molecule has 1 fully saturated rings. The minimum absolute atomic E-state index is 0.244. The Morgan fingerprint density at radius 1 is 0.344 bits per heavy atom. The van der Waals surface area contributed by atoms with Gasteiger partial charge >= 0.3 is 7.12 Å². The Labute approximate surface area is 619 Å². The van der Waals surface area contributed by atoms with E-state index in [0.717, 1.165) is 19.8 Å². The molecule has 1 saturated heterocycles. The van der Waals surface area contributed by atoms with E-state index in [1.807, 2.05) is 90.7 Å². The van der Waals surface area contributed by atoms with Crippen LogP contribution < -0.4 is 4.78 Å². The van der Waals surface area contributed by atoms with Crippen LogP contribution >= 0.6 is 145 Å². The first-order chi connectivity index (χ1) is 43.5. The summed E-state index contributed by atoms with van der Waals surface area (Å²) in [6, 6.07) is 23.6. The summed E-state index contributed by atoms with van der Waals surface area (Å²) in [4.78, 5) is 10.3. The second kappa shape index (κ2) is 32.0. The first kappa shape index (κ1) is 76.9. The molecular formula is C72H103BBr2O5S10Si3. The maximum atomic E-state index is 6.36. The molecule has 5 nitrogen and oxygen atoms in total. The van der Waals surface area contributed by atoms with Crippen molar-refractivity contribution in [2.24, 2.45) is 0 Å². The monoisotopic (exact) mass is 1620 g/mol. The van der Waals surface area contributed by atoms with Gasteiger partial charge in [0.25, 0.3) is 0 Å². The molecule has 0 amide bonds. The van der Waals surface area contributed by atoms with Crippen LogP contribution in [0.25, 0.3) is 66.5 Å². The Bertz CT molecular complexity index is 3660. The molecule has 11 heterocycles. The van der Waals surface area contributed by atoms with Gasteiger partial charge in [0.1, 0.15) is 0 Å². The van der Waals surface area contributed by atoms with Crippen molar-refractivity contribution in [2.75, 3.05) is 19.8 Å². The van der Waals surface area contributed by atoms with Gasteiger partial charge in [-0.25, -0.2) is 0 Å². The molecule has 510 valence electrons. The second-order valence-electron chi connectivity index (χ2n) is 30.9. The summed E-state index contributed by atoms with van der Waals surface area (Å²) >= 11 is 26.1. The summed E-state index contributed by atoms with van der Waals surface area (Å²) < 4.78 is 49.2. The van der Waals surface area contributed by atoms with Gasteiger partial charge in [0.05, 0.1) is 18.8 Å². The lowest BCUT2D eigenvalue weighted by Crippen LogP contribution is -2.41. The molecule has 0 aliphatic carbocycles. The Morgan fingerprint density at radius 3 is 0.892 bits per heavy atom. The Morgan fingerprint density at radius 2 is 0.602 bits per heavy atom. The van der Waals surface area contributed by atoms with Crippen LogP contribution in [0.15, 0.2) is 68.2 Å². The molecule has 0 N–H and O–H groups in total. The SMILES string of the molecule is Brc1cc2sc(Br)cc2s1.CC(C)(C)[Si](C)(C)OCCCCCCc1cc2sc(-c3cc4sc(-c5cc6sc(CCCCCCO[Si](C)(C)C(C)(C)C)cc6s5)cc4s3)cc2s1.CC1(C)OB(c2cc3sc(CCCCCCO[Si](C)(C)C(C)(C)C)cc3s2)OC1(C)C. The smallest absolute Gasteiger partial charge is 0.417 e. The average Bonchev–Trinajstić information content (AvgIpc) is 1.63. The van der Waals surface area contributed by atoms with Crippen molar-refractivity contribution in [3.8, 4) is 19.5 Å². The molecule has 1 aliphatic rings. The van der Waals surface area contributed by atoms with Crippen LogP contribution in [0.3, 0.4) is 0 Å². The highest BCUT2D eigenvalue weighted by molar-refractivity contribution is 9.11. The zero-order valence-electron chi connectivity index (χ0n) is 59.0. The van der Waals surface area contributed by atoms with Gasteiger partial charge in [-0.3, -0.25) is 0 Å². The first-order valence-electron chi connectivity index (χ1n) is 33.7. The van der Waals surface area contributed by atoms with Crippen LogP contribution in [0.5, 0.6) is 0 Å². The fourth-order valence-electron chi connectivity index (χ4n) is 10.1. The summed E-state index contributed by atoms with van der Waals surface area (Å²) in [5, 5.41) is 0.912. The van der Waals surface area contributed by atoms with Gasteiger partial charge in [-0.1, -0.05) is 101 Å². The number of thiophene rings is 10. The maximum absolute atomic E-state index is 6.36. The first-order valence-corrected chi connectivity index (χ1v) is 52.2. The topological polar surface area (TPSA) is 46.2 Å². The number of unbranched alkanes of at least 4 members (excludes halogenated alkanes) is 9. The van der Waals surface area contributed by atoms with Gasteiger partial charge in [-0.2, -0.15) is 0 Å². The molecule has 1 aliphatic heterocycles. The van der Waals surface area contributed by atoms with Crippen LogP contribution in [0.4, 0.5) is 0 Å². The zero-order chi connectivity index (χ0) is 67.5. The number of aryl methyl sites for hydroxylation is 3. The van der Waals surface area contributed by atoms with Crippen molar-refractivity contribution in [3.63, 3.8) is 0 Å². The Kier molecular flexibility index (Phi) is 26.5. The minimum Gasteiger partial charge on any atom is -0.417 e. The summed E-state index contributed by atoms with van der Waals surface area (Å²) in [6.45, 7) is 46.2. The summed E-state index contributed by atoms with van der Waals surface area (Å²) in [5.41, 5.74) is -0.564. The third kappa shape index (κ3) is 20.3. The summed E-state index contributed by atoms with van der Waals surface area (Å²) in [6.07, 6.45) is 18.7. The maximum Gasteiger partial charge on any atom is 0.505 e. The van der Waals surface area contributed by atoms with Gasteiger partial charge in [-0.15, -0.1) is 113 Å². The highest BCUT2D eigenvalue weighted by atomic mass is 79.9. The predicted octanol–water partition coefficient (Wildman–Crippen LogP) is 29.0. The number of halogens is 2. The van der Waals surface area contributed by atoms with Crippen LogP contribution in [-0.4, -0.2) is 63.1 Å². The lowest BCUT2D eigenvalue weighted by molar-refractivity contribution is 0.00578. The molecule has 0 spiro atoms. The molecule has 11 rings (SSSR count). The number of rotatable bonds is 27. The molecule has 0 radical (unpaired) electrons. The lowest BCUT2D eigenvalue weighted by atomic mass is 9.88. The molecule has 10 aromatic heterocycles. The molecular weight excluding hydrogens is 1520 g/mol. The molecule has 10 aromatic rings. The van der Waals surface area contributed by atoms with Crippen LogP contribution in [0, 0.1) is 0 Å². The zero-order valence-corrected chi connectivity index (χ0v) is 73.3. The van der Waals surface area contributed by atoms with Gasteiger partial charge < -0.3 is 22.6 Å². The van der Waals surface area contributed by atoms with E-state index in [1.54, 1.807) is 32.4 Å². The summed E-state index contributed by atoms with van der Waals surface area (Å²) in [5.74, 6) is 0. The van der Waals surface area contributed by atoms with E-state index in [4.69, 9.17) is 22.6 Å². The quantitative estimate of drug-likeness (QED) is 0.0379. The largest absolute Gasteiger partial charge is 0.505 e. The highest BCUT2D eigenvalue weighted by Gasteiger charge is 2.52. The van der Waals surface area contributed by atoms with Crippen LogP contribution in [-0.2, 0) is 41.8 Å². The fourth-order valence-corrected chi connectivity index (χ4v) is 26.9. The van der Waals surface area contributed by atoms with E-state index >= 15 is 0 Å². The van der Waals surface area contributed by atoms with Gasteiger partial charge in [0, 0.05) is 106 Å². The molecule has 93 heavy (non-hydrogen) atoms. The molecule has 0 saturated carbocycles. The van der Waals surface area contributed by atoms with E-state index in [1.165, 1.54) is 180 Å². The Hall–Kier alpha value is -0.224. The fraction of sp³-hybridized carbons (Fsp3) is 0.583. The van der Waals surface area contributed by atoms with Crippen LogP contribution in [0.1, 0.15) is 182 Å². The van der Waals surface area contributed by atoms with Crippen molar-refractivity contribution >= 4 is 229 Å². The van der Waals surface area contributed by atoms with Gasteiger partial charge in [0.15, 0.2) is 25.0 Å². The van der Waals surface area contributed by atoms with Gasteiger partial charge in [0.2, 0.25) is 0 Å². The van der Waals surface area contributed by atoms with Crippen molar-refractivity contribution in [3.05, 3.63) is 82.9 Å². The van der Waals surface area contributed by atoms with Crippen molar-refractivity contribution in [1.29, 1.82) is 0 Å². The van der Waals surface area contributed by atoms with E-state index < -0.39 is 25.0 Å². The number of hydrogen-bond donors (Lipinski definition) is 0. The molecule has 0 atom stereocenters. The average molecular weight is 1620 g/mol. The van der Waals surface area contributed by atoms with E-state index in [0.29, 0.717) is 15.1 Å². The standard InChI is InChI=1S/C42H60O2S6Si2.C24H41BO3S2Si.C6H2Br2S2/c1-41(2,3)51(7,8)43-21-17-13-11-15-19-29-23-31-33(45-29)25-35(47-31)37-27-39-40(49-37)28-38(50-39)36-26-34-32(48-36)24-30(46-34)20-16-12-14-18-22-44-52(9,10)42(4,5)6;1-22(2,3)31(8,9)26-15-13-11-10-12-14-18-16-19-20(29-18)17-21(30-19)25-27-23(4,5)24(6,7)28-25;7-5-1-3-4(10-5)2-6(8)9-3/h23-28H,11-22H2,1-10H3;16-17H,10-15H2,1-9H3;1-2H. The molecule has 21 heteroatoms. The van der Waals surface area contributed by atoms with Crippen LogP contribution in [0.2, 0.25) is 54.4 Å². The van der Waals surface area contributed by atoms with Crippen molar-refractivity contribution in [2.45, 2.75) is 252 Å². The third-order valence-corrected chi connectivity index (χ3v) is 46.6. The summed E-state index contributed by atoms with van der Waals surface area (Å²) in [7, 11) is -5.04. The normalized spacial score (nSPS) is 15.0. The minimum atomic E-state index is -1.60. The molecule has 0 unspecified atom stereocenters. The highest BCUT2D eigenvalue weighted by Crippen LogP contribution is 2.49. The van der Waals surface area contributed by atoms with Crippen molar-refractivity contribution < 1.29 is 22.6 Å². The Balaban J connectivity index is 0.000000208. The van der Waals surface area contributed by atoms with E-state index in [2.05, 4.69) is 222 Å². The predicted molar refractivity (Wildman–Crippen MR) is 444 cm³/mol. The van der Waals surface area contributed by atoms with Gasteiger partial charge in [-0.05, 0) is 232 Å². The molecule has 0 aromatic carbocycles. The van der Waals surface area contributed by atoms with Crippen molar-refractivity contribution in [1.82, 2.24) is 0 Å². The second-order valence-corrected chi connectivity index (χ2v) is 59.2. The van der Waals surface area contributed by atoms with E-state index in [9.17, 15) is 0 Å². The third-order valence-electron chi connectivity index (χ3n) is 19.9. The van der Waals surface area contributed by atoms with E-state index in [-0.39, 0.29) is 18.3 Å². The molecule has 0 bridgehead atoms.